The lowest BCUT2D eigenvalue weighted by Crippen LogP contribution is -2.47. The number of anilines is 3. The normalized spacial score (nSPS) is 17.4. The van der Waals surface area contributed by atoms with Crippen molar-refractivity contribution in [1.82, 2.24) is 5.32 Å². The zero-order chi connectivity index (χ0) is 25.5. The minimum absolute atomic E-state index is 0.0684. The molecule has 0 spiro atoms. The number of rotatable bonds is 8. The third-order valence-electron chi connectivity index (χ3n) is 7.52. The molecule has 1 saturated carbocycles. The first-order valence-electron chi connectivity index (χ1n) is 13.4. The summed E-state index contributed by atoms with van der Waals surface area (Å²) in [5.74, 6) is 0.915. The van der Waals surface area contributed by atoms with Gasteiger partial charge >= 0.3 is 0 Å². The van der Waals surface area contributed by atoms with Crippen LogP contribution >= 0.6 is 0 Å². The lowest BCUT2D eigenvalue weighted by Gasteiger charge is -2.38. The van der Waals surface area contributed by atoms with Crippen molar-refractivity contribution >= 4 is 28.9 Å². The average Bonchev–Trinajstić information content (AvgIpc) is 2.93. The monoisotopic (exact) mass is 492 g/mol. The number of methoxy groups -OCH3 is 1. The Balaban J connectivity index is 1.52. The molecule has 1 heterocycles. The van der Waals surface area contributed by atoms with E-state index in [-0.39, 0.29) is 23.8 Å². The minimum Gasteiger partial charge on any atom is -0.495 e. The summed E-state index contributed by atoms with van der Waals surface area (Å²) < 4.78 is 5.55. The van der Waals surface area contributed by atoms with Crippen LogP contribution in [0.1, 0.15) is 62.7 Å². The summed E-state index contributed by atoms with van der Waals surface area (Å²) in [6.07, 6.45) is 6.18. The van der Waals surface area contributed by atoms with Crippen LogP contribution in [0.25, 0.3) is 0 Å². The molecule has 7 nitrogen and oxygen atoms in total. The quantitative estimate of drug-likeness (QED) is 0.538. The highest BCUT2D eigenvalue weighted by Crippen LogP contribution is 2.31. The molecule has 2 aliphatic rings. The fourth-order valence-corrected chi connectivity index (χ4v) is 5.16. The molecule has 2 aromatic carbocycles. The number of ether oxygens (including phenoxy) is 1. The first-order chi connectivity index (χ1) is 17.5. The number of piperazine rings is 1. The second kappa shape index (κ2) is 12.2. The Bertz CT molecular complexity index is 1040. The van der Waals surface area contributed by atoms with Crippen molar-refractivity contribution in [2.24, 2.45) is 5.92 Å². The number of carbonyl (C=O) groups is 2. The van der Waals surface area contributed by atoms with Gasteiger partial charge in [-0.15, -0.1) is 0 Å². The van der Waals surface area contributed by atoms with Crippen LogP contribution in [0.2, 0.25) is 0 Å². The van der Waals surface area contributed by atoms with Gasteiger partial charge in [-0.1, -0.05) is 38.3 Å². The van der Waals surface area contributed by atoms with Crippen molar-refractivity contribution in [3.8, 4) is 5.75 Å². The van der Waals surface area contributed by atoms with E-state index >= 15 is 0 Å². The standard InChI is InChI=1S/C29H40N4O3/c1-4-21(2)30-29(35)24-20-23(31-28(34)22-10-6-5-7-11-22)14-15-25(24)32-16-18-33(19-17-32)26-12-8-9-13-27(26)36-3/h8-9,12-15,20-22H,4-7,10-11,16-19H2,1-3H3,(H,30,35)(H,31,34). The van der Waals surface area contributed by atoms with Gasteiger partial charge in [0.25, 0.3) is 5.91 Å². The van der Waals surface area contributed by atoms with Crippen LogP contribution in [0.15, 0.2) is 42.5 Å². The molecule has 1 unspecified atom stereocenters. The van der Waals surface area contributed by atoms with Gasteiger partial charge in [0.15, 0.2) is 0 Å². The number of hydrogen-bond donors (Lipinski definition) is 2. The first-order valence-corrected chi connectivity index (χ1v) is 13.4. The summed E-state index contributed by atoms with van der Waals surface area (Å²) in [6, 6.07) is 13.9. The van der Waals surface area contributed by atoms with Crippen molar-refractivity contribution in [2.75, 3.05) is 48.4 Å². The summed E-state index contributed by atoms with van der Waals surface area (Å²) in [7, 11) is 1.70. The molecule has 1 aliphatic heterocycles. The lowest BCUT2D eigenvalue weighted by molar-refractivity contribution is -0.120. The van der Waals surface area contributed by atoms with Gasteiger partial charge in [0, 0.05) is 49.5 Å². The zero-order valence-corrected chi connectivity index (χ0v) is 21.9. The molecule has 36 heavy (non-hydrogen) atoms. The topological polar surface area (TPSA) is 73.9 Å². The molecule has 2 aromatic rings. The van der Waals surface area contributed by atoms with Gasteiger partial charge in [-0.05, 0) is 56.5 Å². The van der Waals surface area contributed by atoms with Crippen LogP contribution < -0.4 is 25.2 Å². The number of nitrogens with one attached hydrogen (secondary N) is 2. The van der Waals surface area contributed by atoms with E-state index in [2.05, 4.69) is 33.4 Å². The van der Waals surface area contributed by atoms with E-state index in [0.29, 0.717) is 11.3 Å². The Hall–Kier alpha value is -3.22. The van der Waals surface area contributed by atoms with Crippen molar-refractivity contribution in [1.29, 1.82) is 0 Å². The van der Waals surface area contributed by atoms with E-state index in [1.807, 2.05) is 43.3 Å². The molecular weight excluding hydrogens is 452 g/mol. The van der Waals surface area contributed by atoms with Gasteiger partial charge in [-0.2, -0.15) is 0 Å². The van der Waals surface area contributed by atoms with E-state index < -0.39 is 0 Å². The molecule has 0 aromatic heterocycles. The van der Waals surface area contributed by atoms with Crippen molar-refractivity contribution in [3.05, 3.63) is 48.0 Å². The maximum absolute atomic E-state index is 13.3. The molecular formula is C29H40N4O3. The highest BCUT2D eigenvalue weighted by molar-refractivity contribution is 6.02. The summed E-state index contributed by atoms with van der Waals surface area (Å²) in [6.45, 7) is 7.30. The number of carbonyl (C=O) groups excluding carboxylic acids is 2. The Morgan fingerprint density at radius 2 is 1.64 bits per heavy atom. The average molecular weight is 493 g/mol. The Morgan fingerprint density at radius 3 is 2.31 bits per heavy atom. The second-order valence-corrected chi connectivity index (χ2v) is 9.98. The number of nitrogens with zero attached hydrogens (tertiary/aromatic N) is 2. The van der Waals surface area contributed by atoms with Crippen molar-refractivity contribution in [2.45, 2.75) is 58.4 Å². The molecule has 2 amide bonds. The predicted octanol–water partition coefficient (Wildman–Crippen LogP) is 5.07. The van der Waals surface area contributed by atoms with Crippen LogP contribution in [0.3, 0.4) is 0 Å². The van der Waals surface area contributed by atoms with E-state index in [1.54, 1.807) is 7.11 Å². The fourth-order valence-electron chi connectivity index (χ4n) is 5.16. The van der Waals surface area contributed by atoms with Gasteiger partial charge in [-0.25, -0.2) is 0 Å². The van der Waals surface area contributed by atoms with E-state index in [4.69, 9.17) is 4.74 Å². The fraction of sp³-hybridized carbons (Fsp3) is 0.517. The summed E-state index contributed by atoms with van der Waals surface area (Å²) >= 11 is 0. The summed E-state index contributed by atoms with van der Waals surface area (Å²) in [5, 5.41) is 6.20. The SMILES string of the molecule is CCC(C)NC(=O)c1cc(NC(=O)C2CCCCC2)ccc1N1CCN(c2ccccc2OC)CC1. The maximum Gasteiger partial charge on any atom is 0.253 e. The molecule has 1 atom stereocenters. The Morgan fingerprint density at radius 1 is 0.972 bits per heavy atom. The molecule has 7 heteroatoms. The number of benzene rings is 2. The van der Waals surface area contributed by atoms with E-state index in [9.17, 15) is 9.59 Å². The van der Waals surface area contributed by atoms with Crippen molar-refractivity contribution < 1.29 is 14.3 Å². The smallest absolute Gasteiger partial charge is 0.253 e. The number of amides is 2. The molecule has 1 saturated heterocycles. The largest absolute Gasteiger partial charge is 0.495 e. The van der Waals surface area contributed by atoms with Crippen LogP contribution in [0.4, 0.5) is 17.1 Å². The van der Waals surface area contributed by atoms with Crippen molar-refractivity contribution in [3.63, 3.8) is 0 Å². The highest BCUT2D eigenvalue weighted by atomic mass is 16.5. The maximum atomic E-state index is 13.3. The van der Waals surface area contributed by atoms with Gasteiger partial charge < -0.3 is 25.2 Å². The van der Waals surface area contributed by atoms with E-state index in [1.165, 1.54) is 6.42 Å². The van der Waals surface area contributed by atoms with Gasteiger partial charge in [0.05, 0.1) is 18.4 Å². The minimum atomic E-state index is -0.0970. The Labute approximate surface area is 215 Å². The second-order valence-electron chi connectivity index (χ2n) is 9.98. The highest BCUT2D eigenvalue weighted by Gasteiger charge is 2.25. The molecule has 2 fully saturated rings. The first kappa shape index (κ1) is 25.9. The molecule has 1 aliphatic carbocycles. The molecule has 0 bridgehead atoms. The molecule has 194 valence electrons. The molecule has 2 N–H and O–H groups in total. The van der Waals surface area contributed by atoms with Gasteiger partial charge in [0.1, 0.15) is 5.75 Å². The summed E-state index contributed by atoms with van der Waals surface area (Å²) in [4.78, 5) is 30.7. The zero-order valence-electron chi connectivity index (χ0n) is 21.9. The third kappa shape index (κ3) is 6.12. The molecule has 0 radical (unpaired) electrons. The molecule has 4 rings (SSSR count). The number of para-hydroxylation sites is 2. The third-order valence-corrected chi connectivity index (χ3v) is 7.52. The van der Waals surface area contributed by atoms with Gasteiger partial charge in [0.2, 0.25) is 5.91 Å². The lowest BCUT2D eigenvalue weighted by atomic mass is 9.88. The summed E-state index contributed by atoms with van der Waals surface area (Å²) in [5.41, 5.74) is 3.31. The number of hydrogen-bond acceptors (Lipinski definition) is 5. The predicted molar refractivity (Wildman–Crippen MR) is 146 cm³/mol. The Kier molecular flexibility index (Phi) is 8.73. The van der Waals surface area contributed by atoms with E-state index in [0.717, 1.165) is 75.4 Å². The van der Waals surface area contributed by atoms with Crippen LogP contribution in [0.5, 0.6) is 5.75 Å². The van der Waals surface area contributed by atoms with Crippen LogP contribution in [0, 0.1) is 5.92 Å². The van der Waals surface area contributed by atoms with Crippen LogP contribution in [-0.4, -0.2) is 51.1 Å². The van der Waals surface area contributed by atoms with Gasteiger partial charge in [-0.3, -0.25) is 9.59 Å². The van der Waals surface area contributed by atoms with Crippen LogP contribution in [-0.2, 0) is 4.79 Å².